The van der Waals surface area contributed by atoms with E-state index in [1.807, 2.05) is 26.0 Å². The van der Waals surface area contributed by atoms with Crippen molar-refractivity contribution in [1.82, 2.24) is 0 Å². The maximum atomic E-state index is 11.8. The van der Waals surface area contributed by atoms with Crippen molar-refractivity contribution in [3.8, 4) is 0 Å². The number of hydrogen-bond acceptors (Lipinski definition) is 1. The van der Waals surface area contributed by atoms with E-state index in [-0.39, 0.29) is 11.3 Å². The number of carbonyl (C=O) groups is 1. The summed E-state index contributed by atoms with van der Waals surface area (Å²) < 4.78 is 0. The maximum absolute atomic E-state index is 11.8. The molecule has 1 unspecified atom stereocenters. The number of hydrogen-bond donors (Lipinski definition) is 1. The lowest BCUT2D eigenvalue weighted by atomic mass is 9.67. The molecule has 0 aliphatic heterocycles. The van der Waals surface area contributed by atoms with Gasteiger partial charge in [0, 0.05) is 5.92 Å². The molecule has 0 aromatic heterocycles. The van der Waals surface area contributed by atoms with Gasteiger partial charge in [0.15, 0.2) is 0 Å². The van der Waals surface area contributed by atoms with Crippen molar-refractivity contribution in [3.63, 3.8) is 0 Å². The summed E-state index contributed by atoms with van der Waals surface area (Å²) in [6.07, 6.45) is 2.24. The molecule has 2 aromatic rings. The minimum atomic E-state index is -0.695. The molecule has 0 aliphatic rings. The normalized spacial score (nSPS) is 14.3. The standard InChI is InChI=1S/C23H30O2/c1-5-23(4,21(24)25)17-22(2,3)16-20(18-12-8-6-9-13-18)19-14-10-7-11-15-19/h6-15,20H,5,16-17H2,1-4H3,(H,24,25). The van der Waals surface area contributed by atoms with Crippen molar-refractivity contribution in [2.24, 2.45) is 10.8 Å². The summed E-state index contributed by atoms with van der Waals surface area (Å²) >= 11 is 0. The van der Waals surface area contributed by atoms with Gasteiger partial charge in [0.05, 0.1) is 5.41 Å². The highest BCUT2D eigenvalue weighted by Crippen LogP contribution is 2.44. The second-order valence-corrected chi connectivity index (χ2v) is 8.14. The lowest BCUT2D eigenvalue weighted by molar-refractivity contribution is -0.150. The van der Waals surface area contributed by atoms with Gasteiger partial charge in [-0.25, -0.2) is 0 Å². The fourth-order valence-electron chi connectivity index (χ4n) is 3.83. The zero-order valence-electron chi connectivity index (χ0n) is 15.8. The van der Waals surface area contributed by atoms with Gasteiger partial charge in [-0.3, -0.25) is 4.79 Å². The molecule has 2 heteroatoms. The molecule has 0 bridgehead atoms. The molecule has 0 heterocycles. The van der Waals surface area contributed by atoms with Crippen LogP contribution in [0.25, 0.3) is 0 Å². The van der Waals surface area contributed by atoms with Gasteiger partial charge >= 0.3 is 5.97 Å². The molecular formula is C23H30O2. The maximum Gasteiger partial charge on any atom is 0.309 e. The number of benzene rings is 2. The molecule has 0 aliphatic carbocycles. The van der Waals surface area contributed by atoms with E-state index in [2.05, 4.69) is 62.4 Å². The molecule has 0 amide bonds. The zero-order valence-corrected chi connectivity index (χ0v) is 15.8. The van der Waals surface area contributed by atoms with E-state index in [1.165, 1.54) is 11.1 Å². The van der Waals surface area contributed by atoms with Crippen LogP contribution >= 0.6 is 0 Å². The Morgan fingerprint density at radius 2 is 1.36 bits per heavy atom. The zero-order chi connectivity index (χ0) is 18.5. The van der Waals surface area contributed by atoms with Crippen LogP contribution in [0.3, 0.4) is 0 Å². The van der Waals surface area contributed by atoms with Crippen molar-refractivity contribution < 1.29 is 9.90 Å². The third-order valence-corrected chi connectivity index (χ3v) is 5.33. The molecule has 0 fully saturated rings. The summed E-state index contributed by atoms with van der Waals surface area (Å²) in [6, 6.07) is 21.1. The SMILES string of the molecule is CCC(C)(CC(C)(C)CC(c1ccccc1)c1ccccc1)C(=O)O. The molecular weight excluding hydrogens is 308 g/mol. The van der Waals surface area contributed by atoms with Gasteiger partial charge < -0.3 is 5.11 Å². The van der Waals surface area contributed by atoms with Crippen molar-refractivity contribution in [3.05, 3.63) is 71.8 Å². The van der Waals surface area contributed by atoms with Crippen molar-refractivity contribution in [1.29, 1.82) is 0 Å². The molecule has 0 saturated heterocycles. The van der Waals surface area contributed by atoms with Crippen LogP contribution < -0.4 is 0 Å². The number of rotatable bonds is 8. The highest BCUT2D eigenvalue weighted by molar-refractivity contribution is 5.74. The number of aliphatic carboxylic acids is 1. The van der Waals surface area contributed by atoms with E-state index in [4.69, 9.17) is 0 Å². The summed E-state index contributed by atoms with van der Waals surface area (Å²) in [4.78, 5) is 11.8. The minimum Gasteiger partial charge on any atom is -0.481 e. The second-order valence-electron chi connectivity index (χ2n) is 8.14. The lowest BCUT2D eigenvalue weighted by Gasteiger charge is -2.37. The molecule has 2 rings (SSSR count). The Morgan fingerprint density at radius 1 is 0.920 bits per heavy atom. The lowest BCUT2D eigenvalue weighted by Crippen LogP contribution is -2.33. The summed E-state index contributed by atoms with van der Waals surface area (Å²) in [7, 11) is 0. The Morgan fingerprint density at radius 3 is 1.72 bits per heavy atom. The molecule has 0 saturated carbocycles. The van der Waals surface area contributed by atoms with Gasteiger partial charge in [-0.2, -0.15) is 0 Å². The summed E-state index contributed by atoms with van der Waals surface area (Å²) in [6.45, 7) is 8.23. The van der Waals surface area contributed by atoms with E-state index in [1.54, 1.807) is 0 Å². The predicted octanol–water partition coefficient (Wildman–Crippen LogP) is 6.13. The molecule has 25 heavy (non-hydrogen) atoms. The topological polar surface area (TPSA) is 37.3 Å². The fraction of sp³-hybridized carbons (Fsp3) is 0.435. The third kappa shape index (κ3) is 4.94. The van der Waals surface area contributed by atoms with Gasteiger partial charge in [-0.1, -0.05) is 81.4 Å². The first-order chi connectivity index (χ1) is 11.8. The first-order valence-electron chi connectivity index (χ1n) is 9.11. The van der Waals surface area contributed by atoms with E-state index in [9.17, 15) is 9.90 Å². The van der Waals surface area contributed by atoms with Crippen molar-refractivity contribution >= 4 is 5.97 Å². The number of carboxylic acid groups (broad SMARTS) is 1. The first kappa shape index (κ1) is 19.2. The van der Waals surface area contributed by atoms with Gasteiger partial charge in [0.2, 0.25) is 0 Å². The van der Waals surface area contributed by atoms with Crippen molar-refractivity contribution in [2.75, 3.05) is 0 Å². The van der Waals surface area contributed by atoms with Crippen LogP contribution in [0.1, 0.15) is 64.0 Å². The van der Waals surface area contributed by atoms with E-state index in [0.29, 0.717) is 12.8 Å². The fourth-order valence-corrected chi connectivity index (χ4v) is 3.83. The van der Waals surface area contributed by atoms with Crippen LogP contribution in [0.4, 0.5) is 0 Å². The summed E-state index contributed by atoms with van der Waals surface area (Å²) in [5.74, 6) is -0.425. The average Bonchev–Trinajstić information content (AvgIpc) is 2.60. The van der Waals surface area contributed by atoms with Gasteiger partial charge in [-0.15, -0.1) is 0 Å². The molecule has 2 aromatic carbocycles. The summed E-state index contributed by atoms with van der Waals surface area (Å²) in [5, 5.41) is 9.66. The predicted molar refractivity (Wildman–Crippen MR) is 104 cm³/mol. The Hall–Kier alpha value is -2.09. The van der Waals surface area contributed by atoms with Gasteiger partial charge in [0.25, 0.3) is 0 Å². The van der Waals surface area contributed by atoms with E-state index >= 15 is 0 Å². The van der Waals surface area contributed by atoms with Gasteiger partial charge in [-0.05, 0) is 42.7 Å². The van der Waals surface area contributed by atoms with Crippen LogP contribution in [0.15, 0.2) is 60.7 Å². The Labute approximate surface area is 151 Å². The molecule has 2 nitrogen and oxygen atoms in total. The highest BCUT2D eigenvalue weighted by Gasteiger charge is 2.38. The largest absolute Gasteiger partial charge is 0.481 e. The smallest absolute Gasteiger partial charge is 0.309 e. The van der Waals surface area contributed by atoms with Crippen molar-refractivity contribution in [2.45, 2.75) is 52.9 Å². The Balaban J connectivity index is 2.31. The van der Waals surface area contributed by atoms with Crippen LogP contribution in [0.5, 0.6) is 0 Å². The van der Waals surface area contributed by atoms with E-state index < -0.39 is 11.4 Å². The monoisotopic (exact) mass is 338 g/mol. The Kier molecular flexibility index (Phi) is 6.05. The molecule has 1 atom stereocenters. The number of carboxylic acids is 1. The van der Waals surface area contributed by atoms with Crippen LogP contribution in [0, 0.1) is 10.8 Å². The van der Waals surface area contributed by atoms with E-state index in [0.717, 1.165) is 6.42 Å². The molecule has 0 radical (unpaired) electrons. The highest BCUT2D eigenvalue weighted by atomic mass is 16.4. The molecule has 1 N–H and O–H groups in total. The summed E-state index contributed by atoms with van der Waals surface area (Å²) in [5.41, 5.74) is 1.81. The third-order valence-electron chi connectivity index (χ3n) is 5.33. The van der Waals surface area contributed by atoms with Crippen LogP contribution in [-0.2, 0) is 4.79 Å². The van der Waals surface area contributed by atoms with Crippen LogP contribution in [0.2, 0.25) is 0 Å². The average molecular weight is 338 g/mol. The quantitative estimate of drug-likeness (QED) is 0.629. The van der Waals surface area contributed by atoms with Gasteiger partial charge in [0.1, 0.15) is 0 Å². The first-order valence-corrected chi connectivity index (χ1v) is 9.11. The Bertz CT molecular complexity index is 636. The molecule has 0 spiro atoms. The second kappa shape index (κ2) is 7.86. The molecule has 134 valence electrons. The van der Waals surface area contributed by atoms with Crippen LogP contribution in [-0.4, -0.2) is 11.1 Å². The minimum absolute atomic E-state index is 0.0838.